The third-order valence-corrected chi connectivity index (χ3v) is 5.29. The molecule has 168 valence electrons. The van der Waals surface area contributed by atoms with Gasteiger partial charge in [-0.05, 0) is 19.4 Å². The molecule has 1 aliphatic rings. The van der Waals surface area contributed by atoms with E-state index < -0.39 is 12.0 Å². The van der Waals surface area contributed by atoms with Gasteiger partial charge in [-0.2, -0.15) is 10.1 Å². The normalized spacial score (nSPS) is 15.7. The number of ether oxygens (including phenoxy) is 1. The van der Waals surface area contributed by atoms with Crippen LogP contribution in [0.5, 0.6) is 5.88 Å². The Labute approximate surface area is 183 Å². The molecule has 0 bridgehead atoms. The van der Waals surface area contributed by atoms with E-state index >= 15 is 0 Å². The summed E-state index contributed by atoms with van der Waals surface area (Å²) in [5.41, 5.74) is 1.30. The number of aryl methyl sites for hydroxylation is 1. The van der Waals surface area contributed by atoms with E-state index in [4.69, 9.17) is 4.74 Å². The summed E-state index contributed by atoms with van der Waals surface area (Å²) in [6.45, 7) is 3.20. The van der Waals surface area contributed by atoms with Crippen LogP contribution in [-0.4, -0.2) is 79.5 Å². The second-order valence-electron chi connectivity index (χ2n) is 7.50. The van der Waals surface area contributed by atoms with Crippen molar-refractivity contribution in [2.45, 2.75) is 19.4 Å². The topological polar surface area (TPSA) is 139 Å². The third-order valence-electron chi connectivity index (χ3n) is 5.29. The van der Waals surface area contributed by atoms with Gasteiger partial charge in [0.05, 0.1) is 24.5 Å². The molecular weight excluding hydrogens is 416 g/mol. The molecule has 2 N–H and O–H groups in total. The molecule has 32 heavy (non-hydrogen) atoms. The number of carbonyl (C=O) groups is 2. The lowest BCUT2D eigenvalue weighted by Gasteiger charge is -2.22. The maximum Gasteiger partial charge on any atom is 0.407 e. The Morgan fingerprint density at radius 1 is 1.34 bits per heavy atom. The number of carbonyl (C=O) groups excluding carboxylic acids is 1. The Balaban J connectivity index is 1.53. The molecule has 1 saturated heterocycles. The minimum absolute atomic E-state index is 0.149. The van der Waals surface area contributed by atoms with Crippen LogP contribution in [0.3, 0.4) is 0 Å². The summed E-state index contributed by atoms with van der Waals surface area (Å²) in [4.78, 5) is 40.3. The summed E-state index contributed by atoms with van der Waals surface area (Å²) < 4.78 is 7.26. The second kappa shape index (κ2) is 8.65. The first-order valence-electron chi connectivity index (χ1n) is 10.2. The number of aromatic nitrogens is 5. The van der Waals surface area contributed by atoms with Crippen LogP contribution < -0.4 is 15.0 Å². The van der Waals surface area contributed by atoms with Gasteiger partial charge in [-0.3, -0.25) is 9.48 Å². The number of fused-ring (bicyclic) bond motifs is 1. The molecular formula is C20H24N8O4. The van der Waals surface area contributed by atoms with E-state index in [9.17, 15) is 14.7 Å². The monoisotopic (exact) mass is 440 g/mol. The highest BCUT2D eigenvalue weighted by atomic mass is 16.5. The van der Waals surface area contributed by atoms with Gasteiger partial charge < -0.3 is 25.0 Å². The average molecular weight is 440 g/mol. The minimum atomic E-state index is -0.973. The van der Waals surface area contributed by atoms with Gasteiger partial charge in [0.2, 0.25) is 11.8 Å². The fraction of sp³-hybridized carbons (Fsp3) is 0.400. The van der Waals surface area contributed by atoms with Crippen LogP contribution in [-0.2, 0) is 7.05 Å². The highest BCUT2D eigenvalue weighted by molar-refractivity contribution is 6.06. The molecule has 0 radical (unpaired) electrons. The van der Waals surface area contributed by atoms with Crippen molar-refractivity contribution in [3.05, 3.63) is 30.2 Å². The van der Waals surface area contributed by atoms with E-state index in [1.54, 1.807) is 31.8 Å². The van der Waals surface area contributed by atoms with Gasteiger partial charge >= 0.3 is 6.09 Å². The average Bonchev–Trinajstić information content (AvgIpc) is 3.39. The molecule has 0 saturated carbocycles. The van der Waals surface area contributed by atoms with Crippen LogP contribution in [0.1, 0.15) is 23.7 Å². The fourth-order valence-electron chi connectivity index (χ4n) is 3.61. The summed E-state index contributed by atoms with van der Waals surface area (Å²) in [6.07, 6.45) is 4.46. The Bertz CT molecular complexity index is 1160. The van der Waals surface area contributed by atoms with Crippen molar-refractivity contribution in [3.63, 3.8) is 0 Å². The first kappa shape index (κ1) is 21.3. The summed E-state index contributed by atoms with van der Waals surface area (Å²) in [6, 6.07) is 1.64. The molecule has 12 heteroatoms. The smallest absolute Gasteiger partial charge is 0.407 e. The summed E-state index contributed by atoms with van der Waals surface area (Å²) in [5.74, 6) is 0.139. The zero-order chi connectivity index (χ0) is 22.8. The summed E-state index contributed by atoms with van der Waals surface area (Å²) in [5, 5.41) is 17.0. The number of pyridine rings is 1. The lowest BCUT2D eigenvalue weighted by molar-refractivity contribution is 0.102. The number of hydrogen-bond acceptors (Lipinski definition) is 8. The van der Waals surface area contributed by atoms with Gasteiger partial charge in [0.25, 0.3) is 5.91 Å². The molecule has 3 aromatic heterocycles. The van der Waals surface area contributed by atoms with Gasteiger partial charge in [-0.25, -0.2) is 14.8 Å². The van der Waals surface area contributed by atoms with Crippen LogP contribution in [0.2, 0.25) is 0 Å². The number of anilines is 2. The number of carboxylic acid groups (broad SMARTS) is 1. The number of likely N-dealkylation sites (N-methyl/N-ethyl adjacent to an activating group) is 1. The van der Waals surface area contributed by atoms with Crippen molar-refractivity contribution in [2.24, 2.45) is 7.05 Å². The van der Waals surface area contributed by atoms with Crippen molar-refractivity contribution in [1.82, 2.24) is 29.6 Å². The summed E-state index contributed by atoms with van der Waals surface area (Å²) >= 11 is 0. The fourth-order valence-corrected chi connectivity index (χ4v) is 3.61. The summed E-state index contributed by atoms with van der Waals surface area (Å²) in [7, 11) is 3.35. The molecule has 0 aliphatic carbocycles. The van der Waals surface area contributed by atoms with Crippen LogP contribution in [0.25, 0.3) is 11.0 Å². The molecule has 2 amide bonds. The van der Waals surface area contributed by atoms with Crippen molar-refractivity contribution >= 4 is 34.7 Å². The van der Waals surface area contributed by atoms with E-state index in [2.05, 4.69) is 25.4 Å². The standard InChI is InChI=1S/C20H24N8O4/c1-4-32-18-15(17(29)23-13-7-12-10-26(2)25-16(12)21-8-13)9-22-19(24-18)28-6-5-14(11-28)27(3)20(30)31/h7-10,14H,4-6,11H2,1-3H3,(H,23,29)(H,30,31). The number of nitrogens with one attached hydrogen (secondary N) is 1. The van der Waals surface area contributed by atoms with E-state index in [0.29, 0.717) is 43.4 Å². The molecule has 0 spiro atoms. The van der Waals surface area contributed by atoms with E-state index in [0.717, 1.165) is 5.39 Å². The van der Waals surface area contributed by atoms with E-state index in [1.807, 2.05) is 11.1 Å². The maximum atomic E-state index is 12.9. The first-order valence-corrected chi connectivity index (χ1v) is 10.2. The molecule has 1 fully saturated rings. The van der Waals surface area contributed by atoms with Crippen LogP contribution in [0.4, 0.5) is 16.4 Å². The number of amides is 2. The lowest BCUT2D eigenvalue weighted by atomic mass is 10.2. The Morgan fingerprint density at radius 2 is 2.16 bits per heavy atom. The predicted octanol–water partition coefficient (Wildman–Crippen LogP) is 1.60. The second-order valence-corrected chi connectivity index (χ2v) is 7.50. The minimum Gasteiger partial charge on any atom is -0.477 e. The van der Waals surface area contributed by atoms with Crippen molar-refractivity contribution in [1.29, 1.82) is 0 Å². The Morgan fingerprint density at radius 3 is 2.91 bits per heavy atom. The molecule has 1 atom stereocenters. The van der Waals surface area contributed by atoms with Crippen molar-refractivity contribution in [2.75, 3.05) is 37.0 Å². The molecule has 1 aliphatic heterocycles. The maximum absolute atomic E-state index is 12.9. The number of nitrogens with zero attached hydrogens (tertiary/aromatic N) is 7. The molecule has 1 unspecified atom stereocenters. The van der Waals surface area contributed by atoms with Crippen LogP contribution in [0.15, 0.2) is 24.7 Å². The van der Waals surface area contributed by atoms with E-state index in [1.165, 1.54) is 17.3 Å². The molecule has 0 aromatic carbocycles. The van der Waals surface area contributed by atoms with Gasteiger partial charge in [-0.1, -0.05) is 0 Å². The van der Waals surface area contributed by atoms with Gasteiger partial charge in [0, 0.05) is 45.0 Å². The Kier molecular flexibility index (Phi) is 5.75. The van der Waals surface area contributed by atoms with Crippen LogP contribution in [0, 0.1) is 0 Å². The number of rotatable bonds is 6. The van der Waals surface area contributed by atoms with E-state index in [-0.39, 0.29) is 17.5 Å². The molecule has 4 rings (SSSR count). The largest absolute Gasteiger partial charge is 0.477 e. The molecule has 3 aromatic rings. The lowest BCUT2D eigenvalue weighted by Crippen LogP contribution is -2.38. The zero-order valence-corrected chi connectivity index (χ0v) is 18.0. The van der Waals surface area contributed by atoms with Gasteiger partial charge in [-0.15, -0.1) is 0 Å². The van der Waals surface area contributed by atoms with Gasteiger partial charge in [0.15, 0.2) is 5.65 Å². The van der Waals surface area contributed by atoms with Crippen molar-refractivity contribution in [3.8, 4) is 5.88 Å². The van der Waals surface area contributed by atoms with Gasteiger partial charge in [0.1, 0.15) is 5.56 Å². The van der Waals surface area contributed by atoms with Crippen LogP contribution >= 0.6 is 0 Å². The first-order chi connectivity index (χ1) is 15.4. The molecule has 12 nitrogen and oxygen atoms in total. The highest BCUT2D eigenvalue weighted by Crippen LogP contribution is 2.24. The highest BCUT2D eigenvalue weighted by Gasteiger charge is 2.30. The third kappa shape index (κ3) is 4.24. The SMILES string of the molecule is CCOc1nc(N2CCC(N(C)C(=O)O)C2)ncc1C(=O)Nc1cnc2nn(C)cc2c1. The zero-order valence-electron chi connectivity index (χ0n) is 18.0. The Hall–Kier alpha value is -3.96. The predicted molar refractivity (Wildman–Crippen MR) is 116 cm³/mol. The number of hydrogen-bond donors (Lipinski definition) is 2. The quantitative estimate of drug-likeness (QED) is 0.585. The molecule has 4 heterocycles. The van der Waals surface area contributed by atoms with Crippen molar-refractivity contribution < 1.29 is 19.4 Å².